The van der Waals surface area contributed by atoms with Gasteiger partial charge in [0.15, 0.2) is 5.11 Å². The highest BCUT2D eigenvalue weighted by atomic mass is 32.1. The summed E-state index contributed by atoms with van der Waals surface area (Å²) in [6.45, 7) is 6.03. The predicted octanol–water partition coefficient (Wildman–Crippen LogP) is 3.91. The van der Waals surface area contributed by atoms with Gasteiger partial charge in [0.25, 0.3) is 0 Å². The number of thiophene rings is 1. The Morgan fingerprint density at radius 3 is 2.41 bits per heavy atom. The van der Waals surface area contributed by atoms with Crippen LogP contribution < -0.4 is 15.4 Å². The summed E-state index contributed by atoms with van der Waals surface area (Å²) >= 11 is 6.48. The Bertz CT molecular complexity index is 895. The maximum absolute atomic E-state index is 12.4. The minimum atomic E-state index is -0.521. The Morgan fingerprint density at radius 2 is 1.76 bits per heavy atom. The molecule has 0 radical (unpaired) electrons. The normalized spacial score (nSPS) is 10.2. The van der Waals surface area contributed by atoms with Crippen LogP contribution in [0.25, 0.3) is 0 Å². The molecule has 0 bridgehead atoms. The number of ether oxygens (including phenoxy) is 3. The highest BCUT2D eigenvalue weighted by molar-refractivity contribution is 7.80. The standard InChI is InChI=1S/C20H24N2O5S2/c1-5-26-18(23)15-12(3)16(19(24)27-6-2)29-17(15)22-20(28)21-11-13-9-7-8-10-14(13)25-4/h7-10H,5-6,11H2,1-4H3,(H2,21,22,28). The van der Waals surface area contributed by atoms with Crippen molar-refractivity contribution in [3.05, 3.63) is 45.8 Å². The lowest BCUT2D eigenvalue weighted by Crippen LogP contribution is -2.28. The van der Waals surface area contributed by atoms with E-state index in [0.29, 0.717) is 27.1 Å². The molecule has 7 nitrogen and oxygen atoms in total. The summed E-state index contributed by atoms with van der Waals surface area (Å²) in [4.78, 5) is 25.0. The van der Waals surface area contributed by atoms with Crippen LogP contribution in [0.4, 0.5) is 5.00 Å². The molecule has 0 saturated heterocycles. The van der Waals surface area contributed by atoms with Gasteiger partial charge in [-0.3, -0.25) is 0 Å². The molecule has 0 amide bonds. The fourth-order valence-corrected chi connectivity index (χ4v) is 3.95. The van der Waals surface area contributed by atoms with E-state index in [9.17, 15) is 9.59 Å². The number of esters is 2. The maximum Gasteiger partial charge on any atom is 0.348 e. The average Bonchev–Trinajstić information content (AvgIpc) is 3.02. The molecule has 1 aromatic carbocycles. The van der Waals surface area contributed by atoms with Crippen molar-refractivity contribution in [3.63, 3.8) is 0 Å². The zero-order chi connectivity index (χ0) is 21.4. The molecule has 29 heavy (non-hydrogen) atoms. The summed E-state index contributed by atoms with van der Waals surface area (Å²) in [5.41, 5.74) is 1.71. The van der Waals surface area contributed by atoms with E-state index in [4.69, 9.17) is 26.4 Å². The zero-order valence-electron chi connectivity index (χ0n) is 16.8. The Balaban J connectivity index is 2.21. The van der Waals surface area contributed by atoms with E-state index in [1.807, 2.05) is 24.3 Å². The van der Waals surface area contributed by atoms with Gasteiger partial charge in [-0.1, -0.05) is 18.2 Å². The molecule has 1 heterocycles. The molecular weight excluding hydrogens is 412 g/mol. The number of hydrogen-bond acceptors (Lipinski definition) is 7. The number of benzene rings is 1. The number of carbonyl (C=O) groups is 2. The minimum Gasteiger partial charge on any atom is -0.496 e. The van der Waals surface area contributed by atoms with Crippen LogP contribution in [0.5, 0.6) is 5.75 Å². The first kappa shape index (κ1) is 22.6. The third-order valence-electron chi connectivity index (χ3n) is 3.95. The lowest BCUT2D eigenvalue weighted by Gasteiger charge is -2.13. The summed E-state index contributed by atoms with van der Waals surface area (Å²) in [5, 5.41) is 6.82. The van der Waals surface area contributed by atoms with Gasteiger partial charge in [0.1, 0.15) is 15.6 Å². The van der Waals surface area contributed by atoms with Crippen LogP contribution >= 0.6 is 23.6 Å². The van der Waals surface area contributed by atoms with Crippen molar-refractivity contribution in [1.82, 2.24) is 5.32 Å². The predicted molar refractivity (Wildman–Crippen MR) is 117 cm³/mol. The monoisotopic (exact) mass is 436 g/mol. The Morgan fingerprint density at radius 1 is 1.10 bits per heavy atom. The highest BCUT2D eigenvalue weighted by Crippen LogP contribution is 2.34. The molecule has 0 aliphatic heterocycles. The van der Waals surface area contributed by atoms with Crippen molar-refractivity contribution >= 4 is 45.6 Å². The van der Waals surface area contributed by atoms with E-state index in [2.05, 4.69) is 10.6 Å². The average molecular weight is 437 g/mol. The van der Waals surface area contributed by atoms with Crippen molar-refractivity contribution < 1.29 is 23.8 Å². The number of carbonyl (C=O) groups excluding carboxylic acids is 2. The lowest BCUT2D eigenvalue weighted by atomic mass is 10.1. The van der Waals surface area contributed by atoms with Crippen molar-refractivity contribution in [2.75, 3.05) is 25.6 Å². The Kier molecular flexibility index (Phi) is 8.41. The molecule has 0 saturated carbocycles. The van der Waals surface area contributed by atoms with Gasteiger partial charge in [0, 0.05) is 12.1 Å². The van der Waals surface area contributed by atoms with E-state index >= 15 is 0 Å². The van der Waals surface area contributed by atoms with E-state index in [-0.39, 0.29) is 18.8 Å². The van der Waals surface area contributed by atoms with Crippen LogP contribution in [0, 0.1) is 6.92 Å². The van der Waals surface area contributed by atoms with E-state index < -0.39 is 11.9 Å². The SMILES string of the molecule is CCOC(=O)c1sc(NC(=S)NCc2ccccc2OC)c(C(=O)OCC)c1C. The second kappa shape index (κ2) is 10.8. The summed E-state index contributed by atoms with van der Waals surface area (Å²) in [7, 11) is 1.60. The van der Waals surface area contributed by atoms with Gasteiger partial charge in [0.2, 0.25) is 0 Å². The summed E-state index contributed by atoms with van der Waals surface area (Å²) in [6.07, 6.45) is 0. The second-order valence-corrected chi connectivity index (χ2v) is 7.25. The number of anilines is 1. The van der Waals surface area contributed by atoms with E-state index in [1.54, 1.807) is 27.9 Å². The van der Waals surface area contributed by atoms with Gasteiger partial charge < -0.3 is 24.8 Å². The number of rotatable bonds is 8. The third kappa shape index (κ3) is 5.68. The number of thiocarbonyl (C=S) groups is 1. The highest BCUT2D eigenvalue weighted by Gasteiger charge is 2.26. The minimum absolute atomic E-state index is 0.221. The van der Waals surface area contributed by atoms with E-state index in [1.165, 1.54) is 0 Å². The van der Waals surface area contributed by atoms with Crippen LogP contribution in [0.1, 0.15) is 45.0 Å². The number of hydrogen-bond donors (Lipinski definition) is 2. The molecule has 0 unspecified atom stereocenters. The summed E-state index contributed by atoms with van der Waals surface area (Å²) in [6, 6.07) is 7.58. The molecule has 9 heteroatoms. The van der Waals surface area contributed by atoms with Gasteiger partial charge in [-0.15, -0.1) is 11.3 Å². The van der Waals surface area contributed by atoms with Gasteiger partial charge >= 0.3 is 11.9 Å². The largest absolute Gasteiger partial charge is 0.496 e. The molecule has 2 aromatic rings. The summed E-state index contributed by atoms with van der Waals surface area (Å²) < 4.78 is 15.5. The fraction of sp³-hybridized carbons (Fsp3) is 0.350. The lowest BCUT2D eigenvalue weighted by molar-refractivity contribution is 0.0527. The molecule has 0 aliphatic rings. The van der Waals surface area contributed by atoms with Crippen LogP contribution in [-0.2, 0) is 16.0 Å². The molecule has 0 atom stereocenters. The smallest absolute Gasteiger partial charge is 0.348 e. The van der Waals surface area contributed by atoms with Crippen LogP contribution in [-0.4, -0.2) is 37.4 Å². The number of nitrogens with one attached hydrogen (secondary N) is 2. The molecule has 156 valence electrons. The molecule has 0 spiro atoms. The first-order valence-electron chi connectivity index (χ1n) is 9.07. The Hall–Kier alpha value is -2.65. The van der Waals surface area contributed by atoms with Crippen LogP contribution in [0.3, 0.4) is 0 Å². The van der Waals surface area contributed by atoms with Gasteiger partial charge in [-0.05, 0) is 44.6 Å². The van der Waals surface area contributed by atoms with Crippen LogP contribution in [0.15, 0.2) is 24.3 Å². The second-order valence-electron chi connectivity index (χ2n) is 5.82. The molecule has 1 aromatic heterocycles. The van der Waals surface area contributed by atoms with Crippen molar-refractivity contribution in [2.24, 2.45) is 0 Å². The molecular formula is C20H24N2O5S2. The van der Waals surface area contributed by atoms with Crippen molar-refractivity contribution in [2.45, 2.75) is 27.3 Å². The van der Waals surface area contributed by atoms with Crippen molar-refractivity contribution in [1.29, 1.82) is 0 Å². The van der Waals surface area contributed by atoms with Crippen molar-refractivity contribution in [3.8, 4) is 5.75 Å². The number of para-hydroxylation sites is 1. The molecule has 2 rings (SSSR count). The van der Waals surface area contributed by atoms with E-state index in [0.717, 1.165) is 22.6 Å². The quantitative estimate of drug-likeness (QED) is 0.476. The zero-order valence-corrected chi connectivity index (χ0v) is 18.4. The van der Waals surface area contributed by atoms with Gasteiger partial charge in [0.05, 0.1) is 25.9 Å². The first-order valence-corrected chi connectivity index (χ1v) is 10.3. The molecule has 2 N–H and O–H groups in total. The molecule has 0 fully saturated rings. The Labute approximate surface area is 179 Å². The van der Waals surface area contributed by atoms with Crippen LogP contribution in [0.2, 0.25) is 0 Å². The summed E-state index contributed by atoms with van der Waals surface area (Å²) in [5.74, 6) is -0.264. The first-order chi connectivity index (χ1) is 13.9. The number of methoxy groups -OCH3 is 1. The molecule has 0 aliphatic carbocycles. The fourth-order valence-electron chi connectivity index (χ4n) is 2.61. The maximum atomic E-state index is 12.4. The van der Waals surface area contributed by atoms with Gasteiger partial charge in [-0.25, -0.2) is 9.59 Å². The topological polar surface area (TPSA) is 85.9 Å². The third-order valence-corrected chi connectivity index (χ3v) is 5.38. The van der Waals surface area contributed by atoms with Gasteiger partial charge in [-0.2, -0.15) is 0 Å².